The van der Waals surface area contributed by atoms with Gasteiger partial charge in [0.15, 0.2) is 11.3 Å². The van der Waals surface area contributed by atoms with Crippen molar-refractivity contribution in [2.24, 2.45) is 5.92 Å². The van der Waals surface area contributed by atoms with Crippen LogP contribution in [0.5, 0.6) is 0 Å². The van der Waals surface area contributed by atoms with Crippen LogP contribution in [-0.4, -0.2) is 44.3 Å². The maximum absolute atomic E-state index is 12.7. The van der Waals surface area contributed by atoms with Gasteiger partial charge in [0.1, 0.15) is 5.82 Å². The molecular weight excluding hydrogens is 352 g/mol. The van der Waals surface area contributed by atoms with E-state index in [9.17, 15) is 8.42 Å². The molecule has 0 amide bonds. The van der Waals surface area contributed by atoms with Crippen molar-refractivity contribution >= 4 is 26.8 Å². The van der Waals surface area contributed by atoms with Gasteiger partial charge in [-0.25, -0.2) is 18.1 Å². The summed E-state index contributed by atoms with van der Waals surface area (Å²) in [5.41, 5.74) is 2.41. The van der Waals surface area contributed by atoms with Gasteiger partial charge in [-0.1, -0.05) is 13.3 Å². The lowest BCUT2D eigenvalue weighted by molar-refractivity contribution is 0.451. The maximum Gasteiger partial charge on any atom is 0.214 e. The van der Waals surface area contributed by atoms with Crippen LogP contribution in [0.15, 0.2) is 18.5 Å². The Bertz CT molecular complexity index is 1070. The van der Waals surface area contributed by atoms with Crippen LogP contribution in [-0.2, 0) is 10.0 Å². The Morgan fingerprint density at radius 2 is 2.15 bits per heavy atom. The van der Waals surface area contributed by atoms with E-state index < -0.39 is 10.0 Å². The van der Waals surface area contributed by atoms with E-state index in [4.69, 9.17) is 0 Å². The SMILES string of the molecule is CC[C@@H]1CC(S(=O)(=O)NC2CC2)C[C@@H]1c1nnc2cnc3[nH]ccc3n12. The van der Waals surface area contributed by atoms with Crippen molar-refractivity contribution in [3.63, 3.8) is 0 Å². The fraction of sp³-hybridized carbons (Fsp3) is 0.588. The number of rotatable bonds is 5. The second kappa shape index (κ2) is 5.75. The Kier molecular flexibility index (Phi) is 3.58. The molecule has 138 valence electrons. The second-order valence-electron chi connectivity index (χ2n) is 7.53. The van der Waals surface area contributed by atoms with Crippen LogP contribution in [0.1, 0.15) is 50.8 Å². The molecule has 5 rings (SSSR count). The molecule has 3 heterocycles. The molecule has 3 atom stereocenters. The monoisotopic (exact) mass is 374 g/mol. The van der Waals surface area contributed by atoms with Gasteiger partial charge in [0.05, 0.1) is 17.0 Å². The lowest BCUT2D eigenvalue weighted by atomic mass is 9.93. The van der Waals surface area contributed by atoms with Crippen molar-refractivity contribution in [1.29, 1.82) is 0 Å². The Balaban J connectivity index is 1.54. The van der Waals surface area contributed by atoms with E-state index in [1.54, 1.807) is 6.20 Å². The number of H-pyrrole nitrogens is 1. The highest BCUT2D eigenvalue weighted by atomic mass is 32.2. The average molecular weight is 374 g/mol. The topological polar surface area (TPSA) is 105 Å². The zero-order valence-corrected chi connectivity index (χ0v) is 15.4. The summed E-state index contributed by atoms with van der Waals surface area (Å²) in [5.74, 6) is 1.21. The summed E-state index contributed by atoms with van der Waals surface area (Å²) in [5, 5.41) is 8.36. The van der Waals surface area contributed by atoms with Crippen LogP contribution in [0.25, 0.3) is 16.8 Å². The summed E-state index contributed by atoms with van der Waals surface area (Å²) in [6.07, 6.45) is 7.67. The van der Waals surface area contributed by atoms with Gasteiger partial charge >= 0.3 is 0 Å². The number of fused-ring (bicyclic) bond motifs is 3. The highest BCUT2D eigenvalue weighted by Gasteiger charge is 2.44. The fourth-order valence-corrected chi connectivity index (χ4v) is 6.12. The van der Waals surface area contributed by atoms with Crippen molar-refractivity contribution in [1.82, 2.24) is 29.3 Å². The minimum atomic E-state index is -3.27. The lowest BCUT2D eigenvalue weighted by Gasteiger charge is -2.16. The molecule has 2 fully saturated rings. The van der Waals surface area contributed by atoms with E-state index in [0.29, 0.717) is 18.5 Å². The van der Waals surface area contributed by atoms with Gasteiger partial charge in [-0.3, -0.25) is 4.40 Å². The summed E-state index contributed by atoms with van der Waals surface area (Å²) in [6, 6.07) is 2.11. The molecule has 0 aliphatic heterocycles. The van der Waals surface area contributed by atoms with Crippen molar-refractivity contribution in [3.8, 4) is 0 Å². The van der Waals surface area contributed by atoms with Gasteiger partial charge in [0.25, 0.3) is 0 Å². The van der Waals surface area contributed by atoms with Gasteiger partial charge in [-0.2, -0.15) is 0 Å². The molecule has 2 N–H and O–H groups in total. The third kappa shape index (κ3) is 2.52. The van der Waals surface area contributed by atoms with E-state index in [1.165, 1.54) is 0 Å². The molecule has 9 heteroatoms. The number of aromatic amines is 1. The molecule has 0 radical (unpaired) electrons. The molecular formula is C17H22N6O2S. The first-order valence-electron chi connectivity index (χ1n) is 9.25. The van der Waals surface area contributed by atoms with E-state index >= 15 is 0 Å². The first-order valence-corrected chi connectivity index (χ1v) is 10.8. The molecule has 0 saturated heterocycles. The Labute approximate surface area is 151 Å². The molecule has 2 aliphatic rings. The van der Waals surface area contributed by atoms with Crippen LogP contribution in [0.3, 0.4) is 0 Å². The van der Waals surface area contributed by atoms with E-state index in [0.717, 1.165) is 36.3 Å². The first kappa shape index (κ1) is 16.2. The Hall–Kier alpha value is -2.00. The molecule has 0 aromatic carbocycles. The molecule has 3 aromatic heterocycles. The highest BCUT2D eigenvalue weighted by Crippen LogP contribution is 2.44. The van der Waals surface area contributed by atoms with E-state index in [2.05, 4.69) is 31.8 Å². The minimum absolute atomic E-state index is 0.0799. The van der Waals surface area contributed by atoms with Crippen molar-refractivity contribution in [2.75, 3.05) is 0 Å². The van der Waals surface area contributed by atoms with Gasteiger partial charge in [-0.05, 0) is 37.7 Å². The molecule has 2 aliphatic carbocycles. The van der Waals surface area contributed by atoms with Gasteiger partial charge in [0.2, 0.25) is 10.0 Å². The van der Waals surface area contributed by atoms with Gasteiger partial charge in [-0.15, -0.1) is 10.2 Å². The molecule has 0 bridgehead atoms. The summed E-state index contributed by atoms with van der Waals surface area (Å²) in [4.78, 5) is 7.47. The highest BCUT2D eigenvalue weighted by molar-refractivity contribution is 7.90. The smallest absolute Gasteiger partial charge is 0.214 e. The number of hydrogen-bond acceptors (Lipinski definition) is 5. The zero-order valence-electron chi connectivity index (χ0n) is 14.6. The molecule has 8 nitrogen and oxygen atoms in total. The second-order valence-corrected chi connectivity index (χ2v) is 9.52. The summed E-state index contributed by atoms with van der Waals surface area (Å²) in [6.45, 7) is 2.12. The zero-order chi connectivity index (χ0) is 17.9. The average Bonchev–Trinajstić information content (AvgIpc) is 3.07. The molecule has 26 heavy (non-hydrogen) atoms. The normalized spacial score (nSPS) is 26.9. The molecule has 2 saturated carbocycles. The summed E-state index contributed by atoms with van der Waals surface area (Å²) < 4.78 is 30.3. The third-order valence-electron chi connectivity index (χ3n) is 5.82. The minimum Gasteiger partial charge on any atom is -0.345 e. The quantitative estimate of drug-likeness (QED) is 0.710. The van der Waals surface area contributed by atoms with Crippen molar-refractivity contribution in [2.45, 2.75) is 56.2 Å². The van der Waals surface area contributed by atoms with E-state index in [1.807, 2.05) is 16.7 Å². The standard InChI is InChI=1S/C17H22N6O2S/c1-2-10-7-12(26(24,25)22-11-3-4-11)8-13(10)17-21-20-15-9-19-16-14(23(15)17)5-6-18-16/h5-6,9-13,18,22H,2-4,7-8H2,1H3/t10-,12?,13+/m1/s1. The number of sulfonamides is 1. The molecule has 3 aromatic rings. The lowest BCUT2D eigenvalue weighted by Crippen LogP contribution is -2.34. The van der Waals surface area contributed by atoms with Gasteiger partial charge < -0.3 is 4.98 Å². The predicted octanol–water partition coefficient (Wildman–Crippen LogP) is 1.96. The number of aromatic nitrogens is 5. The number of nitrogens with zero attached hydrogens (tertiary/aromatic N) is 4. The Morgan fingerprint density at radius 1 is 1.31 bits per heavy atom. The van der Waals surface area contributed by atoms with Crippen molar-refractivity contribution in [3.05, 3.63) is 24.3 Å². The Morgan fingerprint density at radius 3 is 2.92 bits per heavy atom. The fourth-order valence-electron chi connectivity index (χ4n) is 4.26. The largest absolute Gasteiger partial charge is 0.345 e. The van der Waals surface area contributed by atoms with Crippen molar-refractivity contribution < 1.29 is 8.42 Å². The predicted molar refractivity (Wildman–Crippen MR) is 97.3 cm³/mol. The third-order valence-corrected chi connectivity index (χ3v) is 7.75. The van der Waals surface area contributed by atoms with Crippen LogP contribution in [0, 0.1) is 5.92 Å². The molecule has 0 spiro atoms. The van der Waals surface area contributed by atoms with Crippen LogP contribution < -0.4 is 4.72 Å². The van der Waals surface area contributed by atoms with Crippen LogP contribution in [0.2, 0.25) is 0 Å². The molecule has 1 unspecified atom stereocenters. The van der Waals surface area contributed by atoms with Crippen LogP contribution in [0.4, 0.5) is 0 Å². The van der Waals surface area contributed by atoms with E-state index in [-0.39, 0.29) is 23.1 Å². The maximum atomic E-state index is 12.7. The number of nitrogens with one attached hydrogen (secondary N) is 2. The van der Waals surface area contributed by atoms with Gasteiger partial charge in [0, 0.05) is 18.2 Å². The van der Waals surface area contributed by atoms with Crippen LogP contribution >= 0.6 is 0 Å². The number of hydrogen-bond donors (Lipinski definition) is 2. The summed E-state index contributed by atoms with van der Waals surface area (Å²) >= 11 is 0. The summed E-state index contributed by atoms with van der Waals surface area (Å²) in [7, 11) is -3.27. The first-order chi connectivity index (χ1) is 12.6.